The summed E-state index contributed by atoms with van der Waals surface area (Å²) >= 11 is 36.8. The van der Waals surface area contributed by atoms with Crippen molar-refractivity contribution >= 4 is 124 Å². The van der Waals surface area contributed by atoms with Gasteiger partial charge in [0.25, 0.3) is 11.8 Å². The highest BCUT2D eigenvalue weighted by Crippen LogP contribution is 2.49. The molecule has 97 heavy (non-hydrogen) atoms. The largest absolute Gasteiger partial charge is 0.497 e. The molecule has 4 heterocycles. The van der Waals surface area contributed by atoms with Crippen LogP contribution in [-0.4, -0.2) is 206 Å². The Bertz CT molecular complexity index is 3390. The molecule has 4 atom stereocenters. The van der Waals surface area contributed by atoms with E-state index in [1.165, 1.54) is 48.3 Å². The standard InChI is InChI=1S/C67H84Cl6N4O19Si/c1-43-52-33-46(44-11-15-48(83-5)16-12-44)39-74(52)60(79)50-35-56(84-6)58(37-53(50)76(43)63(81)94-41-66(68,69)70)92-20-10-21-93-59-38-54-51(36-57(59)85-7)61(80)75-40-47(34-55(75)62(96-97(8,9)65(2,3)4)77(54)64(82)95-42-67(71,72)73)45-13-17-49(18-14-45)91-32-31-90-30-29-89-28-27-88-26-25-87-24-23-86-22-19-78/h11-18,35-40,43,52,55,62,78H,10,19-34,41-42H2,1-9H3. The molecular weight excluding hydrogens is 1410 g/mol. The van der Waals surface area contributed by atoms with Gasteiger partial charge in [-0.2, -0.15) is 0 Å². The third kappa shape index (κ3) is 20.5. The first-order valence-electron chi connectivity index (χ1n) is 31.5. The van der Waals surface area contributed by atoms with Crippen LogP contribution in [0.5, 0.6) is 34.5 Å². The van der Waals surface area contributed by atoms with E-state index >= 15 is 4.79 Å². The van der Waals surface area contributed by atoms with Crippen molar-refractivity contribution in [2.24, 2.45) is 0 Å². The molecule has 4 amide bonds. The van der Waals surface area contributed by atoms with E-state index in [1.54, 1.807) is 36.2 Å². The molecule has 0 spiro atoms. The maximum absolute atomic E-state index is 15.3. The first-order chi connectivity index (χ1) is 46.2. The molecule has 8 rings (SSSR count). The number of aliphatic hydroxyl groups is 1. The second-order valence-corrected chi connectivity index (χ2v) is 34.1. The number of fused-ring (bicyclic) bond motifs is 4. The maximum atomic E-state index is 15.3. The van der Waals surface area contributed by atoms with E-state index < -0.39 is 77.5 Å². The van der Waals surface area contributed by atoms with E-state index in [0.717, 1.165) is 22.3 Å². The number of methoxy groups -OCH3 is 3. The third-order valence-electron chi connectivity index (χ3n) is 16.8. The Morgan fingerprint density at radius 2 is 0.938 bits per heavy atom. The van der Waals surface area contributed by atoms with Crippen molar-refractivity contribution in [1.29, 1.82) is 0 Å². The van der Waals surface area contributed by atoms with E-state index in [4.69, 9.17) is 141 Å². The average Bonchev–Trinajstić information content (AvgIpc) is 1.61. The Morgan fingerprint density at radius 3 is 1.37 bits per heavy atom. The number of alkyl halides is 6. The number of rotatable bonds is 33. The summed E-state index contributed by atoms with van der Waals surface area (Å²) in [5, 5.41) is 8.36. The number of nitrogens with zero attached hydrogens (tertiary/aromatic N) is 4. The zero-order chi connectivity index (χ0) is 70.2. The van der Waals surface area contributed by atoms with Crippen LogP contribution in [0.15, 0.2) is 85.2 Å². The number of ether oxygens (including phenoxy) is 13. The molecule has 1 N–H and O–H groups in total. The SMILES string of the molecule is COc1ccc(C2=CN3C(=O)c4cc(OC)c(OCCCOc5cc6c(cc5OC)C(=O)N5C=C(c7ccc(OCCOCCOCCOCCOCCOCCO)cc7)CC5C(O[Si](C)(C)C(C)(C)C)N6C(=O)OCC(Cl)(Cl)Cl)cc4N(C(=O)OCC(Cl)(Cl)Cl)C(C)C3C2)cc1. The van der Waals surface area contributed by atoms with Crippen LogP contribution >= 0.6 is 69.6 Å². The van der Waals surface area contributed by atoms with Crippen molar-refractivity contribution in [3.63, 3.8) is 0 Å². The zero-order valence-corrected chi connectivity index (χ0v) is 61.2. The molecule has 532 valence electrons. The highest BCUT2D eigenvalue weighted by molar-refractivity contribution is 6.74. The first-order valence-corrected chi connectivity index (χ1v) is 36.7. The van der Waals surface area contributed by atoms with Gasteiger partial charge >= 0.3 is 12.2 Å². The molecule has 23 nitrogen and oxygen atoms in total. The minimum absolute atomic E-state index is 0.00231. The number of benzene rings is 4. The molecule has 0 bridgehead atoms. The van der Waals surface area contributed by atoms with Gasteiger partial charge < -0.3 is 80.9 Å². The second kappa shape index (κ2) is 35.1. The van der Waals surface area contributed by atoms with Gasteiger partial charge in [-0.15, -0.1) is 0 Å². The van der Waals surface area contributed by atoms with Crippen LogP contribution < -0.4 is 38.2 Å². The van der Waals surface area contributed by atoms with Crippen molar-refractivity contribution in [1.82, 2.24) is 9.80 Å². The molecule has 4 aliphatic rings. The summed E-state index contributed by atoms with van der Waals surface area (Å²) in [5.41, 5.74) is 3.76. The van der Waals surface area contributed by atoms with E-state index in [2.05, 4.69) is 20.8 Å². The highest BCUT2D eigenvalue weighted by atomic mass is 35.6. The topological polar surface area (TPSA) is 231 Å². The highest BCUT2D eigenvalue weighted by Gasteiger charge is 2.52. The van der Waals surface area contributed by atoms with Gasteiger partial charge in [0.1, 0.15) is 31.3 Å². The van der Waals surface area contributed by atoms with Crippen molar-refractivity contribution < 1.29 is 90.3 Å². The number of carbonyl (C=O) groups excluding carboxylic acids is 4. The van der Waals surface area contributed by atoms with E-state index in [9.17, 15) is 14.4 Å². The summed E-state index contributed by atoms with van der Waals surface area (Å²) in [4.78, 5) is 65.0. The molecule has 30 heteroatoms. The van der Waals surface area contributed by atoms with Crippen LogP contribution in [0, 0.1) is 0 Å². The van der Waals surface area contributed by atoms with E-state index in [0.29, 0.717) is 77.4 Å². The normalized spacial score (nSPS) is 17.9. The number of amides is 4. The predicted molar refractivity (Wildman–Crippen MR) is 373 cm³/mol. The lowest BCUT2D eigenvalue weighted by Gasteiger charge is -2.44. The summed E-state index contributed by atoms with van der Waals surface area (Å²) in [5.74, 6) is 1.11. The number of halogens is 6. The number of hydrogen-bond acceptors (Lipinski definition) is 19. The fraction of sp³-hybridized carbons (Fsp3) is 0.522. The van der Waals surface area contributed by atoms with Crippen LogP contribution in [-0.2, 0) is 37.6 Å². The Morgan fingerprint density at radius 1 is 0.526 bits per heavy atom. The van der Waals surface area contributed by atoms with E-state index in [-0.39, 0.29) is 96.4 Å². The third-order valence-corrected chi connectivity index (χ3v) is 21.9. The molecule has 0 aliphatic carbocycles. The second-order valence-electron chi connectivity index (χ2n) is 24.3. The fourth-order valence-corrected chi connectivity index (χ4v) is 12.4. The number of carbonyl (C=O) groups is 4. The van der Waals surface area contributed by atoms with Crippen LogP contribution in [0.4, 0.5) is 21.0 Å². The summed E-state index contributed by atoms with van der Waals surface area (Å²) in [6.45, 7) is 15.1. The quantitative estimate of drug-likeness (QED) is 0.0265. The van der Waals surface area contributed by atoms with E-state index in [1.807, 2.05) is 61.6 Å². The lowest BCUT2D eigenvalue weighted by molar-refractivity contribution is -0.0146. The van der Waals surface area contributed by atoms with Gasteiger partial charge in [-0.25, -0.2) is 14.5 Å². The van der Waals surface area contributed by atoms with Crippen molar-refractivity contribution in [2.45, 2.75) is 97.0 Å². The Hall–Kier alpha value is -5.68. The van der Waals surface area contributed by atoms with Gasteiger partial charge in [0.2, 0.25) is 7.59 Å². The fourth-order valence-electron chi connectivity index (χ4n) is 10.8. The lowest BCUT2D eigenvalue weighted by atomic mass is 9.98. The summed E-state index contributed by atoms with van der Waals surface area (Å²) in [6.07, 6.45) is 1.44. The van der Waals surface area contributed by atoms with Crippen molar-refractivity contribution in [2.75, 3.05) is 137 Å². The Labute approximate surface area is 596 Å². The number of hydrogen-bond donors (Lipinski definition) is 1. The van der Waals surface area contributed by atoms with Gasteiger partial charge in [-0.1, -0.05) is 115 Å². The number of anilines is 2. The molecule has 0 fully saturated rings. The predicted octanol–water partition coefficient (Wildman–Crippen LogP) is 12.9. The minimum Gasteiger partial charge on any atom is -0.497 e. The molecular formula is C67H84Cl6N4O19Si. The zero-order valence-electron chi connectivity index (χ0n) is 55.7. The van der Waals surface area contributed by atoms with Gasteiger partial charge in [0.15, 0.2) is 37.5 Å². The summed E-state index contributed by atoms with van der Waals surface area (Å²) in [6, 6.07) is 19.0. The van der Waals surface area contributed by atoms with Crippen LogP contribution in [0.25, 0.3) is 11.1 Å². The van der Waals surface area contributed by atoms with Gasteiger partial charge in [-0.3, -0.25) is 14.5 Å². The monoisotopic (exact) mass is 1490 g/mol. The molecule has 4 aromatic rings. The molecule has 0 saturated heterocycles. The lowest BCUT2D eigenvalue weighted by Crippen LogP contribution is -2.58. The first kappa shape index (κ1) is 77.1. The minimum atomic E-state index is -2.85. The van der Waals surface area contributed by atoms with Crippen molar-refractivity contribution in [3.8, 4) is 34.5 Å². The van der Waals surface area contributed by atoms with Crippen LogP contribution in [0.3, 0.4) is 0 Å². The number of aliphatic hydroxyl groups excluding tert-OH is 1. The molecule has 4 unspecified atom stereocenters. The summed E-state index contributed by atoms with van der Waals surface area (Å²) in [7, 11) is 1.58. The Kier molecular flexibility index (Phi) is 27.9. The molecule has 4 aromatic carbocycles. The van der Waals surface area contributed by atoms with Gasteiger partial charge in [-0.05, 0) is 96.6 Å². The molecule has 4 aliphatic heterocycles. The van der Waals surface area contributed by atoms with Crippen LogP contribution in [0.1, 0.15) is 78.8 Å². The van der Waals surface area contributed by atoms with Crippen molar-refractivity contribution in [3.05, 3.63) is 107 Å². The van der Waals surface area contributed by atoms with Gasteiger partial charge in [0, 0.05) is 31.0 Å². The molecule has 0 aromatic heterocycles. The Balaban J connectivity index is 0.981. The maximum Gasteiger partial charge on any atom is 0.416 e. The summed E-state index contributed by atoms with van der Waals surface area (Å²) < 4.78 is 77.9. The molecule has 0 radical (unpaired) electrons. The van der Waals surface area contributed by atoms with Crippen LogP contribution in [0.2, 0.25) is 18.1 Å². The van der Waals surface area contributed by atoms with Gasteiger partial charge in [0.05, 0.1) is 148 Å². The molecule has 0 saturated carbocycles. The smallest absolute Gasteiger partial charge is 0.416 e. The average molecular weight is 1490 g/mol.